The molecule has 0 amide bonds. The zero-order chi connectivity index (χ0) is 15.4. The van der Waals surface area contributed by atoms with Crippen LogP contribution >= 0.6 is 11.6 Å². The molecule has 20 heavy (non-hydrogen) atoms. The van der Waals surface area contributed by atoms with Gasteiger partial charge in [0.1, 0.15) is 5.82 Å². The van der Waals surface area contributed by atoms with Crippen LogP contribution in [0.25, 0.3) is 0 Å². The van der Waals surface area contributed by atoms with Crippen molar-refractivity contribution >= 4 is 37.1 Å². The highest BCUT2D eigenvalue weighted by atomic mass is 35.5. The van der Waals surface area contributed by atoms with Gasteiger partial charge in [0, 0.05) is 12.1 Å². The average molecular weight is 344 g/mol. The van der Waals surface area contributed by atoms with Crippen molar-refractivity contribution < 1.29 is 21.2 Å². The van der Waals surface area contributed by atoms with Crippen LogP contribution in [0.3, 0.4) is 0 Å². The Hall–Kier alpha value is -0.860. The molecule has 0 unspecified atom stereocenters. The van der Waals surface area contributed by atoms with Gasteiger partial charge >= 0.3 is 0 Å². The number of nitrogens with one attached hydrogen (secondary N) is 1. The lowest BCUT2D eigenvalue weighted by Gasteiger charge is -2.10. The highest BCUT2D eigenvalue weighted by molar-refractivity contribution is 7.92. The Morgan fingerprint density at radius 2 is 1.85 bits per heavy atom. The maximum absolute atomic E-state index is 13.5. The molecule has 0 aliphatic heterocycles. The molecule has 1 aromatic carbocycles. The first-order valence-electron chi connectivity index (χ1n) is 5.72. The van der Waals surface area contributed by atoms with Crippen molar-refractivity contribution in [2.75, 3.05) is 22.6 Å². The molecule has 9 heteroatoms. The molecule has 0 saturated carbocycles. The Morgan fingerprint density at radius 1 is 1.20 bits per heavy atom. The number of hydrogen-bond donors (Lipinski definition) is 1. The molecule has 0 saturated heterocycles. The van der Waals surface area contributed by atoms with Crippen LogP contribution in [0.5, 0.6) is 0 Å². The molecule has 0 bridgehead atoms. The van der Waals surface area contributed by atoms with E-state index in [2.05, 4.69) is 0 Å². The van der Waals surface area contributed by atoms with Crippen molar-refractivity contribution in [1.29, 1.82) is 0 Å². The van der Waals surface area contributed by atoms with E-state index in [1.807, 2.05) is 4.72 Å². The van der Waals surface area contributed by atoms with E-state index in [9.17, 15) is 21.2 Å². The zero-order valence-corrected chi connectivity index (χ0v) is 13.2. The van der Waals surface area contributed by atoms with Gasteiger partial charge in [0.05, 0.1) is 16.3 Å². The topological polar surface area (TPSA) is 80.3 Å². The fourth-order valence-corrected chi connectivity index (χ4v) is 3.43. The lowest BCUT2D eigenvalue weighted by molar-refractivity contribution is 0.593. The SMILES string of the molecule is CS(=O)(=O)c1ccc(F)c(NS(=O)(=O)CCCCCl)c1. The molecule has 5 nitrogen and oxygen atoms in total. The third-order valence-electron chi connectivity index (χ3n) is 2.43. The van der Waals surface area contributed by atoms with Crippen LogP contribution in [0.1, 0.15) is 12.8 Å². The monoisotopic (exact) mass is 343 g/mol. The van der Waals surface area contributed by atoms with Crippen LogP contribution in [-0.4, -0.2) is 34.7 Å². The first kappa shape index (κ1) is 17.2. The summed E-state index contributed by atoms with van der Waals surface area (Å²) in [4.78, 5) is -0.155. The summed E-state index contributed by atoms with van der Waals surface area (Å²) in [5, 5.41) is 0. The molecular formula is C11H15ClFNO4S2. The lowest BCUT2D eigenvalue weighted by atomic mass is 10.3. The minimum Gasteiger partial charge on any atom is -0.281 e. The van der Waals surface area contributed by atoms with Gasteiger partial charge in [0.25, 0.3) is 0 Å². The van der Waals surface area contributed by atoms with Crippen molar-refractivity contribution in [2.45, 2.75) is 17.7 Å². The number of sulfone groups is 1. The van der Waals surface area contributed by atoms with Gasteiger partial charge in [-0.15, -0.1) is 11.6 Å². The Kier molecular flexibility index (Phi) is 5.79. The summed E-state index contributed by atoms with van der Waals surface area (Å²) in [5.41, 5.74) is -0.376. The largest absolute Gasteiger partial charge is 0.281 e. The maximum Gasteiger partial charge on any atom is 0.232 e. The van der Waals surface area contributed by atoms with E-state index in [0.29, 0.717) is 18.7 Å². The number of rotatable bonds is 7. The molecule has 0 aromatic heterocycles. The molecule has 1 N–H and O–H groups in total. The van der Waals surface area contributed by atoms with Crippen molar-refractivity contribution in [3.05, 3.63) is 24.0 Å². The summed E-state index contributed by atoms with van der Waals surface area (Å²) < 4.78 is 61.7. The first-order valence-corrected chi connectivity index (χ1v) is 9.79. The summed E-state index contributed by atoms with van der Waals surface area (Å²) in [6.45, 7) is 0. The van der Waals surface area contributed by atoms with Gasteiger partial charge in [-0.2, -0.15) is 0 Å². The number of alkyl halides is 1. The minimum absolute atomic E-state index is 0.155. The summed E-state index contributed by atoms with van der Waals surface area (Å²) in [6, 6.07) is 2.95. The normalized spacial score (nSPS) is 12.3. The predicted molar refractivity (Wildman–Crippen MR) is 76.9 cm³/mol. The van der Waals surface area contributed by atoms with E-state index in [0.717, 1.165) is 24.5 Å². The Labute approximate surface area is 123 Å². The standard InChI is InChI=1S/C11H15ClFNO4S2/c1-19(15,16)9-4-5-10(13)11(8-9)14-20(17,18)7-3-2-6-12/h4-5,8,14H,2-3,6-7H2,1H3. The van der Waals surface area contributed by atoms with E-state index < -0.39 is 25.7 Å². The highest BCUT2D eigenvalue weighted by Gasteiger charge is 2.16. The quantitative estimate of drug-likeness (QED) is 0.466. The van der Waals surface area contributed by atoms with E-state index in [1.165, 1.54) is 0 Å². The second kappa shape index (κ2) is 6.73. The summed E-state index contributed by atoms with van der Waals surface area (Å²) in [7, 11) is -7.27. The minimum atomic E-state index is -3.74. The highest BCUT2D eigenvalue weighted by Crippen LogP contribution is 2.21. The van der Waals surface area contributed by atoms with Crippen LogP contribution in [0.2, 0.25) is 0 Å². The number of unbranched alkanes of at least 4 members (excludes halogenated alkanes) is 1. The van der Waals surface area contributed by atoms with E-state index in [4.69, 9.17) is 11.6 Å². The van der Waals surface area contributed by atoms with Gasteiger partial charge in [-0.05, 0) is 31.0 Å². The molecule has 0 fully saturated rings. The molecule has 0 spiro atoms. The zero-order valence-electron chi connectivity index (χ0n) is 10.8. The van der Waals surface area contributed by atoms with Gasteiger partial charge < -0.3 is 0 Å². The van der Waals surface area contributed by atoms with Crippen LogP contribution < -0.4 is 4.72 Å². The van der Waals surface area contributed by atoms with Gasteiger partial charge in [-0.3, -0.25) is 4.72 Å². The fourth-order valence-electron chi connectivity index (χ4n) is 1.42. The van der Waals surface area contributed by atoms with Crippen molar-refractivity contribution in [2.24, 2.45) is 0 Å². The predicted octanol–water partition coefficient (Wildman–Crippen LogP) is 1.99. The number of hydrogen-bond acceptors (Lipinski definition) is 4. The lowest BCUT2D eigenvalue weighted by Crippen LogP contribution is -2.18. The van der Waals surface area contributed by atoms with E-state index in [1.54, 1.807) is 0 Å². The number of anilines is 1. The van der Waals surface area contributed by atoms with Crippen LogP contribution in [-0.2, 0) is 19.9 Å². The van der Waals surface area contributed by atoms with Gasteiger partial charge in [0.2, 0.25) is 10.0 Å². The molecule has 1 aromatic rings. The van der Waals surface area contributed by atoms with E-state index in [-0.39, 0.29) is 16.3 Å². The molecule has 0 aliphatic carbocycles. The third kappa shape index (κ3) is 5.26. The molecule has 0 radical (unpaired) electrons. The Balaban J connectivity index is 2.97. The molecule has 0 aliphatic rings. The summed E-state index contributed by atoms with van der Waals surface area (Å²) >= 11 is 5.44. The van der Waals surface area contributed by atoms with Crippen molar-refractivity contribution in [3.63, 3.8) is 0 Å². The molecule has 0 atom stereocenters. The van der Waals surface area contributed by atoms with E-state index >= 15 is 0 Å². The average Bonchev–Trinajstić information content (AvgIpc) is 2.30. The molecule has 114 valence electrons. The number of halogens is 2. The summed E-state index contributed by atoms with van der Waals surface area (Å²) in [6.07, 6.45) is 1.82. The van der Waals surface area contributed by atoms with Gasteiger partial charge in [-0.25, -0.2) is 21.2 Å². The number of benzene rings is 1. The number of sulfonamides is 1. The van der Waals surface area contributed by atoms with Crippen LogP contribution in [0.15, 0.2) is 23.1 Å². The Morgan fingerprint density at radius 3 is 2.40 bits per heavy atom. The van der Waals surface area contributed by atoms with Gasteiger partial charge in [-0.1, -0.05) is 0 Å². The summed E-state index contributed by atoms with van der Waals surface area (Å²) in [5.74, 6) is -0.700. The fraction of sp³-hybridized carbons (Fsp3) is 0.455. The van der Waals surface area contributed by atoms with Crippen LogP contribution in [0.4, 0.5) is 10.1 Å². The second-order valence-electron chi connectivity index (χ2n) is 4.23. The third-order valence-corrected chi connectivity index (χ3v) is 5.16. The molecule has 1 rings (SSSR count). The maximum atomic E-state index is 13.5. The Bertz CT molecular complexity index is 674. The smallest absolute Gasteiger partial charge is 0.232 e. The second-order valence-corrected chi connectivity index (χ2v) is 8.47. The van der Waals surface area contributed by atoms with Crippen molar-refractivity contribution in [3.8, 4) is 0 Å². The first-order chi connectivity index (χ1) is 9.15. The molecular weight excluding hydrogens is 329 g/mol. The molecule has 0 heterocycles. The van der Waals surface area contributed by atoms with Crippen LogP contribution in [0, 0.1) is 5.82 Å². The van der Waals surface area contributed by atoms with Gasteiger partial charge in [0.15, 0.2) is 9.84 Å². The van der Waals surface area contributed by atoms with Crippen molar-refractivity contribution in [1.82, 2.24) is 0 Å².